The predicted molar refractivity (Wildman–Crippen MR) is 108 cm³/mol. The first-order chi connectivity index (χ1) is 12.7. The van der Waals surface area contributed by atoms with Gasteiger partial charge in [-0.15, -0.1) is 11.3 Å². The van der Waals surface area contributed by atoms with Crippen molar-refractivity contribution in [2.75, 3.05) is 12.9 Å². The molecule has 1 N–H and O–H groups in total. The lowest BCUT2D eigenvalue weighted by Gasteiger charge is -2.06. The van der Waals surface area contributed by atoms with Gasteiger partial charge in [-0.2, -0.15) is 5.10 Å². The van der Waals surface area contributed by atoms with E-state index < -0.39 is 0 Å². The minimum absolute atomic E-state index is 0.145. The smallest absolute Gasteiger partial charge is 0.250 e. The molecule has 5 nitrogen and oxygen atoms in total. The van der Waals surface area contributed by atoms with Crippen molar-refractivity contribution in [3.63, 3.8) is 0 Å². The van der Waals surface area contributed by atoms with Gasteiger partial charge in [0.2, 0.25) is 0 Å². The molecule has 7 heteroatoms. The second kappa shape index (κ2) is 8.82. The van der Waals surface area contributed by atoms with Crippen molar-refractivity contribution in [2.45, 2.75) is 17.7 Å². The van der Waals surface area contributed by atoms with Crippen LogP contribution in [0.3, 0.4) is 0 Å². The molecule has 0 fully saturated rings. The Morgan fingerprint density at radius 3 is 2.69 bits per heavy atom. The number of amides is 1. The van der Waals surface area contributed by atoms with E-state index in [1.165, 1.54) is 11.8 Å². The molecule has 134 valence electrons. The maximum absolute atomic E-state index is 12.1. The van der Waals surface area contributed by atoms with Crippen molar-refractivity contribution < 1.29 is 9.53 Å². The van der Waals surface area contributed by atoms with Crippen molar-refractivity contribution in [2.24, 2.45) is 5.10 Å². The van der Waals surface area contributed by atoms with E-state index in [0.717, 1.165) is 38.0 Å². The average Bonchev–Trinajstić information content (AvgIpc) is 3.10. The van der Waals surface area contributed by atoms with Crippen LogP contribution >= 0.6 is 23.1 Å². The minimum Gasteiger partial charge on any atom is -0.497 e. The molecule has 3 rings (SSSR count). The fourth-order valence-electron chi connectivity index (χ4n) is 2.33. The summed E-state index contributed by atoms with van der Waals surface area (Å²) in [7, 11) is 1.63. The number of hydrogen-bond donors (Lipinski definition) is 1. The highest BCUT2D eigenvalue weighted by molar-refractivity contribution is 8.01. The van der Waals surface area contributed by atoms with Gasteiger partial charge in [-0.1, -0.05) is 30.8 Å². The van der Waals surface area contributed by atoms with Crippen LogP contribution in [0.1, 0.15) is 18.9 Å². The third-order valence-electron chi connectivity index (χ3n) is 3.67. The van der Waals surface area contributed by atoms with Crippen LogP contribution in [0.25, 0.3) is 10.2 Å². The molecule has 26 heavy (non-hydrogen) atoms. The van der Waals surface area contributed by atoms with Gasteiger partial charge in [-0.25, -0.2) is 10.4 Å². The van der Waals surface area contributed by atoms with Gasteiger partial charge in [-0.05, 0) is 48.4 Å². The zero-order valence-electron chi connectivity index (χ0n) is 14.6. The van der Waals surface area contributed by atoms with Crippen LogP contribution in [0, 0.1) is 0 Å². The summed E-state index contributed by atoms with van der Waals surface area (Å²) in [5.74, 6) is 0.928. The number of carbonyl (C=O) groups is 1. The first kappa shape index (κ1) is 18.4. The Kier molecular flexibility index (Phi) is 6.25. The van der Waals surface area contributed by atoms with E-state index >= 15 is 0 Å². The second-order valence-electron chi connectivity index (χ2n) is 5.41. The van der Waals surface area contributed by atoms with Crippen LogP contribution in [0.4, 0.5) is 0 Å². The molecular formula is C19H19N3O2S2. The Labute approximate surface area is 160 Å². The van der Waals surface area contributed by atoms with Gasteiger partial charge in [0.05, 0.1) is 28.8 Å². The van der Waals surface area contributed by atoms with Crippen LogP contribution < -0.4 is 10.2 Å². The van der Waals surface area contributed by atoms with Crippen molar-refractivity contribution in [3.05, 3.63) is 54.1 Å². The molecule has 2 aromatic carbocycles. The minimum atomic E-state index is -0.145. The number of para-hydroxylation sites is 1. The van der Waals surface area contributed by atoms with Crippen LogP contribution in [-0.2, 0) is 4.79 Å². The number of fused-ring (bicyclic) bond motifs is 1. The number of hydrogen-bond acceptors (Lipinski definition) is 6. The quantitative estimate of drug-likeness (QED) is 0.374. The van der Waals surface area contributed by atoms with Crippen LogP contribution in [0.2, 0.25) is 0 Å². The van der Waals surface area contributed by atoms with E-state index in [2.05, 4.69) is 15.5 Å². The number of hydrazone groups is 1. The van der Waals surface area contributed by atoms with Crippen molar-refractivity contribution in [1.82, 2.24) is 10.4 Å². The summed E-state index contributed by atoms with van der Waals surface area (Å²) in [6.45, 7) is 2.01. The number of benzene rings is 2. The first-order valence-corrected chi connectivity index (χ1v) is 9.98. The maximum atomic E-state index is 12.1. The number of methoxy groups -OCH3 is 1. The highest BCUT2D eigenvalue weighted by atomic mass is 32.2. The van der Waals surface area contributed by atoms with Gasteiger partial charge in [0.15, 0.2) is 4.34 Å². The van der Waals surface area contributed by atoms with Gasteiger partial charge >= 0.3 is 0 Å². The molecule has 0 radical (unpaired) electrons. The normalized spacial score (nSPS) is 11.5. The van der Waals surface area contributed by atoms with Gasteiger partial charge < -0.3 is 4.74 Å². The third kappa shape index (κ3) is 4.62. The maximum Gasteiger partial charge on any atom is 0.250 e. The van der Waals surface area contributed by atoms with Crippen LogP contribution in [0.15, 0.2) is 58.0 Å². The number of aromatic nitrogens is 1. The zero-order valence-corrected chi connectivity index (χ0v) is 16.2. The monoisotopic (exact) mass is 385 g/mol. The molecule has 0 saturated carbocycles. The number of ether oxygens (including phenoxy) is 1. The Hall–Kier alpha value is -2.38. The Balaban J connectivity index is 1.58. The molecule has 1 amide bonds. The topological polar surface area (TPSA) is 63.6 Å². The van der Waals surface area contributed by atoms with E-state index in [-0.39, 0.29) is 11.7 Å². The lowest BCUT2D eigenvalue weighted by molar-refractivity contribution is -0.118. The molecule has 1 aromatic heterocycles. The highest BCUT2D eigenvalue weighted by Gasteiger charge is 2.08. The average molecular weight is 386 g/mol. The van der Waals surface area contributed by atoms with Gasteiger partial charge in [-0.3, -0.25) is 4.79 Å². The molecule has 0 unspecified atom stereocenters. The van der Waals surface area contributed by atoms with E-state index in [1.54, 1.807) is 18.4 Å². The number of nitrogens with zero attached hydrogens (tertiary/aromatic N) is 2. The number of rotatable bonds is 7. The summed E-state index contributed by atoms with van der Waals surface area (Å²) in [6.07, 6.45) is 0.720. The van der Waals surface area contributed by atoms with E-state index in [1.807, 2.05) is 55.5 Å². The van der Waals surface area contributed by atoms with Crippen LogP contribution in [0.5, 0.6) is 5.75 Å². The fraction of sp³-hybridized carbons (Fsp3) is 0.211. The molecule has 0 aliphatic heterocycles. The molecule has 0 aliphatic carbocycles. The zero-order chi connectivity index (χ0) is 18.4. The van der Waals surface area contributed by atoms with Gasteiger partial charge in [0.1, 0.15) is 5.75 Å². The molecule has 0 saturated heterocycles. The SMILES string of the molecule is CCC(=NNC(=O)CSc1nc2ccccc2s1)c1ccc(OC)cc1. The molecule has 0 atom stereocenters. The number of thiazole rings is 1. The number of nitrogens with one attached hydrogen (secondary N) is 1. The molecule has 0 aliphatic rings. The summed E-state index contributed by atoms with van der Waals surface area (Å²) in [6, 6.07) is 15.6. The third-order valence-corrected chi connectivity index (χ3v) is 5.85. The Bertz CT molecular complexity index is 887. The number of thioether (sulfide) groups is 1. The fourth-order valence-corrected chi connectivity index (χ4v) is 4.19. The summed E-state index contributed by atoms with van der Waals surface area (Å²) < 4.78 is 7.17. The van der Waals surface area contributed by atoms with Gasteiger partial charge in [0.25, 0.3) is 5.91 Å². The summed E-state index contributed by atoms with van der Waals surface area (Å²) in [4.78, 5) is 16.6. The second-order valence-corrected chi connectivity index (χ2v) is 7.66. The predicted octanol–water partition coefficient (Wildman–Crippen LogP) is 4.33. The Morgan fingerprint density at radius 2 is 2.00 bits per heavy atom. The summed E-state index contributed by atoms with van der Waals surface area (Å²) in [5.41, 5.74) is 5.39. The van der Waals surface area contributed by atoms with Crippen LogP contribution in [-0.4, -0.2) is 29.5 Å². The highest BCUT2D eigenvalue weighted by Crippen LogP contribution is 2.29. The first-order valence-electron chi connectivity index (χ1n) is 8.17. The van der Waals surface area contributed by atoms with Crippen molar-refractivity contribution in [1.29, 1.82) is 0 Å². The van der Waals surface area contributed by atoms with Crippen molar-refractivity contribution >= 4 is 44.9 Å². The Morgan fingerprint density at radius 1 is 1.23 bits per heavy atom. The summed E-state index contributed by atoms with van der Waals surface area (Å²) in [5, 5.41) is 4.27. The molecule has 3 aromatic rings. The van der Waals surface area contributed by atoms with Crippen molar-refractivity contribution in [3.8, 4) is 5.75 Å². The number of carbonyl (C=O) groups excluding carboxylic acids is 1. The lowest BCUT2D eigenvalue weighted by atomic mass is 10.1. The molecule has 0 bridgehead atoms. The van der Waals surface area contributed by atoms with E-state index in [0.29, 0.717) is 0 Å². The molecular weight excluding hydrogens is 366 g/mol. The summed E-state index contributed by atoms with van der Waals surface area (Å²) >= 11 is 3.02. The molecule has 0 spiro atoms. The standard InChI is InChI=1S/C19H19N3O2S2/c1-3-15(13-8-10-14(24-2)11-9-13)21-22-18(23)12-25-19-20-16-6-4-5-7-17(16)26-19/h4-11H,3,12H2,1-2H3,(H,22,23). The van der Waals surface area contributed by atoms with E-state index in [4.69, 9.17) is 4.74 Å². The van der Waals surface area contributed by atoms with E-state index in [9.17, 15) is 4.79 Å². The largest absolute Gasteiger partial charge is 0.497 e. The van der Waals surface area contributed by atoms with Gasteiger partial charge in [0, 0.05) is 0 Å². The lowest BCUT2D eigenvalue weighted by Crippen LogP contribution is -2.21. The molecule has 1 heterocycles.